The SMILES string of the molecule is COc1ccc(O)c(-c2nc(CC3CC3)no2)c1. The Morgan fingerprint density at radius 2 is 2.28 bits per heavy atom. The van der Waals surface area contributed by atoms with Gasteiger partial charge in [-0.25, -0.2) is 0 Å². The quantitative estimate of drug-likeness (QED) is 0.897. The number of hydrogen-bond donors (Lipinski definition) is 1. The number of nitrogens with zero attached hydrogens (tertiary/aromatic N) is 2. The van der Waals surface area contributed by atoms with Crippen LogP contribution in [0.5, 0.6) is 11.5 Å². The Kier molecular flexibility index (Phi) is 2.66. The van der Waals surface area contributed by atoms with Crippen LogP contribution in [0.15, 0.2) is 22.7 Å². The topological polar surface area (TPSA) is 68.4 Å². The first-order valence-corrected chi connectivity index (χ1v) is 5.96. The Labute approximate surface area is 104 Å². The van der Waals surface area contributed by atoms with Crippen molar-refractivity contribution >= 4 is 0 Å². The minimum absolute atomic E-state index is 0.109. The molecule has 0 bridgehead atoms. The highest BCUT2D eigenvalue weighted by molar-refractivity contribution is 5.64. The van der Waals surface area contributed by atoms with Crippen molar-refractivity contribution in [1.29, 1.82) is 0 Å². The third-order valence-electron chi connectivity index (χ3n) is 3.07. The summed E-state index contributed by atoms with van der Waals surface area (Å²) in [5.74, 6) is 2.49. The zero-order chi connectivity index (χ0) is 12.5. The summed E-state index contributed by atoms with van der Waals surface area (Å²) in [6.45, 7) is 0. The summed E-state index contributed by atoms with van der Waals surface area (Å²) in [6.07, 6.45) is 3.34. The molecule has 1 aliphatic carbocycles. The number of benzene rings is 1. The molecule has 3 rings (SSSR count). The zero-order valence-electron chi connectivity index (χ0n) is 10.1. The minimum Gasteiger partial charge on any atom is -0.507 e. The minimum atomic E-state index is 0.109. The van der Waals surface area contributed by atoms with Crippen molar-refractivity contribution in [2.45, 2.75) is 19.3 Å². The van der Waals surface area contributed by atoms with Crippen LogP contribution in [0.1, 0.15) is 18.7 Å². The van der Waals surface area contributed by atoms with Crippen molar-refractivity contribution in [2.75, 3.05) is 7.11 Å². The number of hydrogen-bond acceptors (Lipinski definition) is 5. The van der Waals surface area contributed by atoms with Crippen molar-refractivity contribution in [1.82, 2.24) is 10.1 Å². The molecule has 18 heavy (non-hydrogen) atoms. The van der Waals surface area contributed by atoms with Gasteiger partial charge in [-0.3, -0.25) is 0 Å². The van der Waals surface area contributed by atoms with Crippen molar-refractivity contribution in [2.24, 2.45) is 5.92 Å². The van der Waals surface area contributed by atoms with Gasteiger partial charge >= 0.3 is 0 Å². The standard InChI is InChI=1S/C13H14N2O3/c1-17-9-4-5-11(16)10(7-9)13-14-12(15-18-13)6-8-2-3-8/h4-5,7-8,16H,2-3,6H2,1H3. The fourth-order valence-electron chi connectivity index (χ4n) is 1.84. The van der Waals surface area contributed by atoms with E-state index >= 15 is 0 Å². The number of phenolic OH excluding ortho intramolecular Hbond substituents is 1. The van der Waals surface area contributed by atoms with Gasteiger partial charge in [0.25, 0.3) is 5.89 Å². The molecule has 0 aliphatic heterocycles. The molecule has 0 amide bonds. The number of aromatic nitrogens is 2. The fourth-order valence-corrected chi connectivity index (χ4v) is 1.84. The molecule has 1 heterocycles. The molecule has 2 aromatic rings. The van der Waals surface area contributed by atoms with E-state index in [1.807, 2.05) is 0 Å². The van der Waals surface area contributed by atoms with Crippen LogP contribution in [0.2, 0.25) is 0 Å². The van der Waals surface area contributed by atoms with E-state index in [1.165, 1.54) is 12.8 Å². The Balaban J connectivity index is 1.90. The second-order valence-electron chi connectivity index (χ2n) is 4.55. The largest absolute Gasteiger partial charge is 0.507 e. The monoisotopic (exact) mass is 246 g/mol. The molecule has 0 saturated heterocycles. The highest BCUT2D eigenvalue weighted by Crippen LogP contribution is 2.34. The number of phenols is 1. The first-order chi connectivity index (χ1) is 8.76. The van der Waals surface area contributed by atoms with Crippen molar-refractivity contribution in [3.63, 3.8) is 0 Å². The Hall–Kier alpha value is -2.04. The number of aromatic hydroxyl groups is 1. The lowest BCUT2D eigenvalue weighted by atomic mass is 10.2. The van der Waals surface area contributed by atoms with Crippen LogP contribution in [-0.2, 0) is 6.42 Å². The smallest absolute Gasteiger partial charge is 0.261 e. The first kappa shape index (κ1) is 11.1. The summed E-state index contributed by atoms with van der Waals surface area (Å²) >= 11 is 0. The molecule has 94 valence electrons. The highest BCUT2D eigenvalue weighted by Gasteiger charge is 2.24. The van der Waals surface area contributed by atoms with Gasteiger partial charge in [0, 0.05) is 6.42 Å². The van der Waals surface area contributed by atoms with Crippen molar-refractivity contribution < 1.29 is 14.4 Å². The summed E-state index contributed by atoms with van der Waals surface area (Å²) in [5.41, 5.74) is 0.504. The Bertz CT molecular complexity index is 561. The van der Waals surface area contributed by atoms with Crippen molar-refractivity contribution in [3.05, 3.63) is 24.0 Å². The second-order valence-corrected chi connectivity index (χ2v) is 4.55. The molecule has 1 aromatic heterocycles. The van der Waals surface area contributed by atoms with Gasteiger partial charge in [-0.05, 0) is 37.0 Å². The zero-order valence-corrected chi connectivity index (χ0v) is 10.1. The first-order valence-electron chi connectivity index (χ1n) is 5.96. The van der Waals surface area contributed by atoms with E-state index in [-0.39, 0.29) is 5.75 Å². The van der Waals surface area contributed by atoms with Gasteiger partial charge in [-0.15, -0.1) is 0 Å². The van der Waals surface area contributed by atoms with Gasteiger partial charge < -0.3 is 14.4 Å². The lowest BCUT2D eigenvalue weighted by Crippen LogP contribution is -1.89. The van der Waals surface area contributed by atoms with E-state index < -0.39 is 0 Å². The number of methoxy groups -OCH3 is 1. The normalized spacial score (nSPS) is 14.7. The maximum Gasteiger partial charge on any atom is 0.261 e. The summed E-state index contributed by atoms with van der Waals surface area (Å²) in [4.78, 5) is 4.30. The average Bonchev–Trinajstić information content (AvgIpc) is 3.07. The molecule has 1 N–H and O–H groups in total. The van der Waals surface area contributed by atoms with E-state index in [9.17, 15) is 5.11 Å². The Morgan fingerprint density at radius 3 is 3.00 bits per heavy atom. The van der Waals surface area contributed by atoms with Gasteiger partial charge in [0.15, 0.2) is 5.82 Å². The molecule has 1 aromatic carbocycles. The predicted molar refractivity (Wildman–Crippen MR) is 64.4 cm³/mol. The third-order valence-corrected chi connectivity index (χ3v) is 3.07. The predicted octanol–water partition coefficient (Wildman–Crippen LogP) is 2.40. The maximum absolute atomic E-state index is 9.80. The van der Waals surface area contributed by atoms with E-state index in [1.54, 1.807) is 25.3 Å². The molecule has 1 aliphatic rings. The summed E-state index contributed by atoms with van der Waals surface area (Å²) in [6, 6.07) is 4.92. The van der Waals surface area contributed by atoms with E-state index in [2.05, 4.69) is 10.1 Å². The highest BCUT2D eigenvalue weighted by atomic mass is 16.5. The van der Waals surface area contributed by atoms with Crippen LogP contribution >= 0.6 is 0 Å². The average molecular weight is 246 g/mol. The van der Waals surface area contributed by atoms with Crippen LogP contribution < -0.4 is 4.74 Å². The lowest BCUT2D eigenvalue weighted by molar-refractivity contribution is 0.406. The van der Waals surface area contributed by atoms with Gasteiger partial charge in [-0.2, -0.15) is 4.98 Å². The molecule has 0 spiro atoms. The molecule has 1 fully saturated rings. The molecule has 0 unspecified atom stereocenters. The summed E-state index contributed by atoms with van der Waals surface area (Å²) in [5, 5.41) is 13.7. The number of ether oxygens (including phenoxy) is 1. The fraction of sp³-hybridized carbons (Fsp3) is 0.385. The van der Waals surface area contributed by atoms with Crippen LogP contribution in [0.3, 0.4) is 0 Å². The lowest BCUT2D eigenvalue weighted by Gasteiger charge is -2.02. The molecule has 5 heteroatoms. The summed E-state index contributed by atoms with van der Waals surface area (Å²) in [7, 11) is 1.57. The van der Waals surface area contributed by atoms with Gasteiger partial charge in [0.05, 0.1) is 12.7 Å². The Morgan fingerprint density at radius 1 is 1.44 bits per heavy atom. The van der Waals surface area contributed by atoms with Gasteiger partial charge in [0.1, 0.15) is 11.5 Å². The third kappa shape index (κ3) is 2.16. The van der Waals surface area contributed by atoms with Gasteiger partial charge in [0.2, 0.25) is 0 Å². The van der Waals surface area contributed by atoms with Crippen LogP contribution in [-0.4, -0.2) is 22.4 Å². The summed E-state index contributed by atoms with van der Waals surface area (Å²) < 4.78 is 10.3. The van der Waals surface area contributed by atoms with Crippen LogP contribution in [0.4, 0.5) is 0 Å². The molecular formula is C13H14N2O3. The maximum atomic E-state index is 9.80. The second kappa shape index (κ2) is 4.33. The molecule has 5 nitrogen and oxygen atoms in total. The molecule has 0 radical (unpaired) electrons. The van der Waals surface area contributed by atoms with E-state index in [0.29, 0.717) is 28.9 Å². The van der Waals surface area contributed by atoms with Crippen molar-refractivity contribution in [3.8, 4) is 23.0 Å². The van der Waals surface area contributed by atoms with Crippen LogP contribution in [0.25, 0.3) is 11.5 Å². The molecule has 1 saturated carbocycles. The molecule has 0 atom stereocenters. The van der Waals surface area contributed by atoms with Gasteiger partial charge in [-0.1, -0.05) is 5.16 Å². The van der Waals surface area contributed by atoms with E-state index in [0.717, 1.165) is 6.42 Å². The number of rotatable bonds is 4. The van der Waals surface area contributed by atoms with E-state index in [4.69, 9.17) is 9.26 Å². The van der Waals surface area contributed by atoms with Crippen LogP contribution in [0, 0.1) is 5.92 Å². The molecular weight excluding hydrogens is 232 g/mol.